The van der Waals surface area contributed by atoms with Crippen molar-refractivity contribution in [2.45, 2.75) is 19.9 Å². The summed E-state index contributed by atoms with van der Waals surface area (Å²) >= 11 is 0. The number of benzene rings is 1. The monoisotopic (exact) mass is 439 g/mol. The zero-order valence-corrected chi connectivity index (χ0v) is 18.5. The zero-order chi connectivity index (χ0) is 22.5. The van der Waals surface area contributed by atoms with E-state index >= 15 is 0 Å². The van der Waals surface area contributed by atoms with Gasteiger partial charge in [-0.2, -0.15) is 0 Å². The van der Waals surface area contributed by atoms with Gasteiger partial charge < -0.3 is 19.9 Å². The highest BCUT2D eigenvalue weighted by Crippen LogP contribution is 2.21. The van der Waals surface area contributed by atoms with Gasteiger partial charge in [-0.05, 0) is 25.5 Å². The summed E-state index contributed by atoms with van der Waals surface area (Å²) in [5.41, 5.74) is 2.56. The zero-order valence-electron chi connectivity index (χ0n) is 18.5. The number of amides is 1. The van der Waals surface area contributed by atoms with Gasteiger partial charge in [0.15, 0.2) is 5.82 Å². The molecule has 3 aromatic rings. The molecule has 0 aliphatic carbocycles. The van der Waals surface area contributed by atoms with E-state index in [1.54, 1.807) is 19.5 Å². The molecule has 0 radical (unpaired) electrons. The van der Waals surface area contributed by atoms with Crippen molar-refractivity contribution in [2.24, 2.45) is 0 Å². The Kier molecular flexibility index (Phi) is 6.69. The minimum absolute atomic E-state index is 0.131. The Morgan fingerprint density at radius 3 is 2.56 bits per heavy atom. The first kappa shape index (κ1) is 21.8. The van der Waals surface area contributed by atoms with E-state index in [9.17, 15) is 9.59 Å². The smallest absolute Gasteiger partial charge is 0.350 e. The van der Waals surface area contributed by atoms with Crippen LogP contribution in [0.2, 0.25) is 0 Å². The van der Waals surface area contributed by atoms with E-state index < -0.39 is 0 Å². The van der Waals surface area contributed by atoms with Gasteiger partial charge in [0.1, 0.15) is 6.54 Å². The second kappa shape index (κ2) is 9.82. The lowest BCUT2D eigenvalue weighted by atomic mass is 10.2. The summed E-state index contributed by atoms with van der Waals surface area (Å²) < 4.78 is 7.61. The molecule has 1 saturated heterocycles. The number of piperazine rings is 1. The predicted molar refractivity (Wildman–Crippen MR) is 122 cm³/mol. The number of nitrogens with one attached hydrogen (secondary N) is 1. The second-order valence-electron chi connectivity index (χ2n) is 7.89. The van der Waals surface area contributed by atoms with Crippen LogP contribution in [-0.2, 0) is 16.1 Å². The van der Waals surface area contributed by atoms with E-state index in [1.807, 2.05) is 0 Å². The first-order chi connectivity index (χ1) is 15.6. The first-order valence-corrected chi connectivity index (χ1v) is 10.8. The number of carbonyl (C=O) groups excluding carboxylic acids is 1. The molecule has 0 unspecified atom stereocenters. The normalized spacial score (nSPS) is 14.2. The summed E-state index contributed by atoms with van der Waals surface area (Å²) in [4.78, 5) is 33.9. The Morgan fingerprint density at radius 2 is 1.84 bits per heavy atom. The minimum atomic E-state index is -0.353. The number of carbonyl (C=O) groups is 1. The van der Waals surface area contributed by atoms with E-state index in [1.165, 1.54) is 20.3 Å². The number of nitrogens with zero attached hydrogens (tertiary/aromatic N) is 6. The number of aryl methyl sites for hydroxylation is 1. The summed E-state index contributed by atoms with van der Waals surface area (Å²) in [7, 11) is 1.62. The number of rotatable bonds is 8. The van der Waals surface area contributed by atoms with Gasteiger partial charge >= 0.3 is 5.69 Å². The minimum Gasteiger partial charge on any atom is -0.385 e. The average molecular weight is 440 g/mol. The number of ether oxygens (including phenoxy) is 1. The largest absolute Gasteiger partial charge is 0.385 e. The molecule has 170 valence electrons. The van der Waals surface area contributed by atoms with Gasteiger partial charge in [0.2, 0.25) is 11.6 Å². The van der Waals surface area contributed by atoms with E-state index in [-0.39, 0.29) is 18.1 Å². The molecule has 0 bridgehead atoms. The van der Waals surface area contributed by atoms with Gasteiger partial charge in [-0.15, -0.1) is 5.10 Å². The van der Waals surface area contributed by atoms with E-state index in [4.69, 9.17) is 4.74 Å². The number of hydrogen-bond acceptors (Lipinski definition) is 7. The maximum atomic E-state index is 12.7. The van der Waals surface area contributed by atoms with Crippen LogP contribution in [0.25, 0.3) is 5.65 Å². The van der Waals surface area contributed by atoms with Gasteiger partial charge in [-0.1, -0.05) is 17.7 Å². The SMILES string of the molecule is COCCCNC(=O)Cn1nc2c(N3CCN(c4ccc(C)cc4)CC3)nccn2c1=O. The van der Waals surface area contributed by atoms with Gasteiger partial charge in [0, 0.05) is 64.5 Å². The quantitative estimate of drug-likeness (QED) is 0.516. The molecule has 0 atom stereocenters. The molecule has 1 aliphatic heterocycles. The summed E-state index contributed by atoms with van der Waals surface area (Å²) in [5.74, 6) is 0.403. The maximum Gasteiger partial charge on any atom is 0.350 e. The highest BCUT2D eigenvalue weighted by atomic mass is 16.5. The molecular formula is C22H29N7O3. The van der Waals surface area contributed by atoms with Crippen LogP contribution < -0.4 is 20.8 Å². The third kappa shape index (κ3) is 4.75. The molecule has 1 N–H and O–H groups in total. The summed E-state index contributed by atoms with van der Waals surface area (Å²) in [6.07, 6.45) is 3.90. The van der Waals surface area contributed by atoms with Crippen LogP contribution in [0.5, 0.6) is 0 Å². The van der Waals surface area contributed by atoms with Crippen molar-refractivity contribution < 1.29 is 9.53 Å². The molecule has 10 nitrogen and oxygen atoms in total. The fourth-order valence-corrected chi connectivity index (χ4v) is 3.83. The number of aromatic nitrogens is 4. The van der Waals surface area contributed by atoms with Gasteiger partial charge in [-0.3, -0.25) is 4.79 Å². The lowest BCUT2D eigenvalue weighted by molar-refractivity contribution is -0.121. The van der Waals surface area contributed by atoms with Crippen molar-refractivity contribution in [2.75, 3.05) is 56.2 Å². The van der Waals surface area contributed by atoms with Crippen LogP contribution in [0.3, 0.4) is 0 Å². The molecule has 10 heteroatoms. The van der Waals surface area contributed by atoms with Gasteiger partial charge in [0.25, 0.3) is 0 Å². The fraction of sp³-hybridized carbons (Fsp3) is 0.455. The average Bonchev–Trinajstić information content (AvgIpc) is 3.13. The van der Waals surface area contributed by atoms with Crippen molar-refractivity contribution in [1.82, 2.24) is 24.5 Å². The summed E-state index contributed by atoms with van der Waals surface area (Å²) in [5, 5.41) is 7.20. The molecule has 3 heterocycles. The van der Waals surface area contributed by atoms with Gasteiger partial charge in [0.05, 0.1) is 0 Å². The Labute approximate surface area is 186 Å². The summed E-state index contributed by atoms with van der Waals surface area (Å²) in [6, 6.07) is 8.53. The molecular weight excluding hydrogens is 410 g/mol. The van der Waals surface area contributed by atoms with Crippen molar-refractivity contribution in [3.05, 3.63) is 52.7 Å². The van der Waals surface area contributed by atoms with Crippen LogP contribution in [0.15, 0.2) is 41.5 Å². The second-order valence-corrected chi connectivity index (χ2v) is 7.89. The van der Waals surface area contributed by atoms with Crippen molar-refractivity contribution in [1.29, 1.82) is 0 Å². The maximum absolute atomic E-state index is 12.7. The van der Waals surface area contributed by atoms with Crippen LogP contribution in [0, 0.1) is 6.92 Å². The topological polar surface area (TPSA) is 97.0 Å². The Morgan fingerprint density at radius 1 is 1.12 bits per heavy atom. The highest BCUT2D eigenvalue weighted by Gasteiger charge is 2.22. The van der Waals surface area contributed by atoms with E-state index in [0.29, 0.717) is 31.0 Å². The molecule has 4 rings (SSSR count). The molecule has 32 heavy (non-hydrogen) atoms. The Bertz CT molecular complexity index is 1110. The van der Waals surface area contributed by atoms with Crippen LogP contribution in [0.4, 0.5) is 11.5 Å². The molecule has 2 aromatic heterocycles. The molecule has 1 aliphatic rings. The van der Waals surface area contributed by atoms with Crippen molar-refractivity contribution >= 4 is 23.1 Å². The fourth-order valence-electron chi connectivity index (χ4n) is 3.83. The molecule has 0 saturated carbocycles. The standard InChI is InChI=1S/C22H29N7O3/c1-17-4-6-18(7-5-17)26-11-13-27(14-12-26)20-21-25-29(22(31)28(21)10-9-24-20)16-19(30)23-8-3-15-32-2/h4-7,9-10H,3,8,11-16H2,1-2H3,(H,23,30). The van der Waals surface area contributed by atoms with Crippen molar-refractivity contribution in [3.8, 4) is 0 Å². The van der Waals surface area contributed by atoms with Crippen LogP contribution >= 0.6 is 0 Å². The third-order valence-corrected chi connectivity index (χ3v) is 5.60. The van der Waals surface area contributed by atoms with E-state index in [0.717, 1.165) is 26.2 Å². The number of fused-ring (bicyclic) bond motifs is 1. The van der Waals surface area contributed by atoms with Crippen molar-refractivity contribution in [3.63, 3.8) is 0 Å². The lowest BCUT2D eigenvalue weighted by Crippen LogP contribution is -2.47. The number of hydrogen-bond donors (Lipinski definition) is 1. The molecule has 1 fully saturated rings. The van der Waals surface area contributed by atoms with Gasteiger partial charge in [-0.25, -0.2) is 18.9 Å². The lowest BCUT2D eigenvalue weighted by Gasteiger charge is -2.36. The van der Waals surface area contributed by atoms with Crippen LogP contribution in [0.1, 0.15) is 12.0 Å². The summed E-state index contributed by atoms with van der Waals surface area (Å²) in [6.45, 7) is 6.24. The predicted octanol–water partition coefficient (Wildman–Crippen LogP) is 0.679. The van der Waals surface area contributed by atoms with E-state index in [2.05, 4.69) is 56.4 Å². The molecule has 1 aromatic carbocycles. The van der Waals surface area contributed by atoms with Crippen LogP contribution in [-0.4, -0.2) is 71.5 Å². The number of methoxy groups -OCH3 is 1. The first-order valence-electron chi connectivity index (χ1n) is 10.8. The Balaban J connectivity index is 1.46. The molecule has 1 amide bonds. The third-order valence-electron chi connectivity index (χ3n) is 5.60. The highest BCUT2D eigenvalue weighted by molar-refractivity contribution is 5.75. The Hall–Kier alpha value is -3.40. The number of anilines is 2. The molecule has 0 spiro atoms.